The molecule has 0 spiro atoms. The predicted molar refractivity (Wildman–Crippen MR) is 96.1 cm³/mol. The minimum atomic E-state index is -3.93. The molecular formula is C17H23ClN2O3S. The average molecular weight is 371 g/mol. The molecule has 5 nitrogen and oxygen atoms in total. The molecule has 0 saturated carbocycles. The molecule has 1 aliphatic rings. The summed E-state index contributed by atoms with van der Waals surface area (Å²) in [6, 6.07) is 5.64. The van der Waals surface area contributed by atoms with Crippen LogP contribution in [0.4, 0.5) is 0 Å². The van der Waals surface area contributed by atoms with E-state index in [4.69, 9.17) is 11.6 Å². The SMILES string of the molecule is CC[C@@H](Cl)C1=NC(C)(C)[C@@H](C(C)=O)N1S(=O)(=O)c1ccc(C)cc1. The molecule has 7 heteroatoms. The van der Waals surface area contributed by atoms with Gasteiger partial charge in [-0.2, -0.15) is 0 Å². The third-order valence-corrected chi connectivity index (χ3v) is 6.42. The number of Topliss-reactive ketones (excluding diaryl/α,β-unsaturated/α-hetero) is 1. The fourth-order valence-corrected chi connectivity index (χ4v) is 4.98. The number of nitrogens with zero attached hydrogens (tertiary/aromatic N) is 2. The van der Waals surface area contributed by atoms with Crippen molar-refractivity contribution >= 4 is 33.2 Å². The van der Waals surface area contributed by atoms with Crippen LogP contribution in [0.5, 0.6) is 0 Å². The maximum Gasteiger partial charge on any atom is 0.266 e. The Morgan fingerprint density at radius 2 is 1.88 bits per heavy atom. The number of ketones is 1. The highest BCUT2D eigenvalue weighted by Crippen LogP contribution is 2.36. The van der Waals surface area contributed by atoms with Gasteiger partial charge >= 0.3 is 0 Å². The Morgan fingerprint density at radius 3 is 2.33 bits per heavy atom. The second kappa shape index (κ2) is 6.48. The Morgan fingerprint density at radius 1 is 1.33 bits per heavy atom. The van der Waals surface area contributed by atoms with Gasteiger partial charge in [-0.05, 0) is 46.2 Å². The summed E-state index contributed by atoms with van der Waals surface area (Å²) in [5.74, 6) is -0.0145. The van der Waals surface area contributed by atoms with Crippen molar-refractivity contribution in [1.29, 1.82) is 0 Å². The summed E-state index contributed by atoms with van der Waals surface area (Å²) in [6.45, 7) is 8.63. The zero-order valence-corrected chi connectivity index (χ0v) is 16.1. The van der Waals surface area contributed by atoms with Crippen LogP contribution in [0, 0.1) is 6.92 Å². The largest absolute Gasteiger partial charge is 0.298 e. The number of aryl methyl sites for hydroxylation is 1. The van der Waals surface area contributed by atoms with Crippen molar-refractivity contribution in [2.24, 2.45) is 4.99 Å². The number of hydrogen-bond acceptors (Lipinski definition) is 4. The van der Waals surface area contributed by atoms with Gasteiger partial charge in [0.15, 0.2) is 5.78 Å². The lowest BCUT2D eigenvalue weighted by molar-refractivity contribution is -0.120. The molecule has 0 amide bonds. The molecule has 2 rings (SSSR count). The Labute approximate surface area is 148 Å². The standard InChI is InChI=1S/C17H23ClN2O3S/c1-6-14(18)16-19-17(4,5)15(12(3)21)20(16)24(22,23)13-9-7-11(2)8-10-13/h7-10,14-15H,6H2,1-5H3/t14-,15-/m1/s1. The minimum Gasteiger partial charge on any atom is -0.298 e. The molecular weight excluding hydrogens is 348 g/mol. The smallest absolute Gasteiger partial charge is 0.266 e. The van der Waals surface area contributed by atoms with Gasteiger partial charge in [-0.15, -0.1) is 11.6 Å². The van der Waals surface area contributed by atoms with Gasteiger partial charge in [-0.25, -0.2) is 12.7 Å². The van der Waals surface area contributed by atoms with Crippen molar-refractivity contribution in [3.05, 3.63) is 29.8 Å². The van der Waals surface area contributed by atoms with Gasteiger partial charge in [0.25, 0.3) is 10.0 Å². The van der Waals surface area contributed by atoms with E-state index in [9.17, 15) is 13.2 Å². The lowest BCUT2D eigenvalue weighted by Crippen LogP contribution is -2.52. The van der Waals surface area contributed by atoms with Crippen molar-refractivity contribution in [1.82, 2.24) is 4.31 Å². The van der Waals surface area contributed by atoms with E-state index < -0.39 is 27.0 Å². The molecule has 0 bridgehead atoms. The quantitative estimate of drug-likeness (QED) is 0.748. The third kappa shape index (κ3) is 3.22. The van der Waals surface area contributed by atoms with Gasteiger partial charge in [0.05, 0.1) is 15.8 Å². The summed E-state index contributed by atoms with van der Waals surface area (Å²) < 4.78 is 27.6. The molecule has 0 radical (unpaired) electrons. The lowest BCUT2D eigenvalue weighted by atomic mass is 9.94. The molecule has 24 heavy (non-hydrogen) atoms. The molecule has 0 saturated heterocycles. The number of amidine groups is 1. The molecule has 132 valence electrons. The fourth-order valence-electron chi connectivity index (χ4n) is 2.96. The zero-order chi connectivity index (χ0) is 18.3. The predicted octanol–water partition coefficient (Wildman–Crippen LogP) is 3.15. The van der Waals surface area contributed by atoms with E-state index in [2.05, 4.69) is 4.99 Å². The highest BCUT2D eigenvalue weighted by atomic mass is 35.5. The lowest BCUT2D eigenvalue weighted by Gasteiger charge is -2.31. The van der Waals surface area contributed by atoms with Crippen molar-refractivity contribution in [3.63, 3.8) is 0 Å². The Kier molecular flexibility index (Phi) is 5.11. The molecule has 1 aliphatic heterocycles. The first-order chi connectivity index (χ1) is 11.0. The normalized spacial score (nSPS) is 21.5. The number of aliphatic imine (C=N–C) groups is 1. The van der Waals surface area contributed by atoms with Crippen LogP contribution in [0.1, 0.15) is 39.7 Å². The number of sulfonamides is 1. The second-order valence-corrected chi connectivity index (χ2v) is 8.97. The van der Waals surface area contributed by atoms with E-state index >= 15 is 0 Å². The van der Waals surface area contributed by atoms with E-state index in [-0.39, 0.29) is 16.5 Å². The number of halogens is 1. The third-order valence-electron chi connectivity index (χ3n) is 4.13. The highest BCUT2D eigenvalue weighted by Gasteiger charge is 2.51. The van der Waals surface area contributed by atoms with Crippen LogP contribution in [0.3, 0.4) is 0 Å². The maximum absolute atomic E-state index is 13.2. The van der Waals surface area contributed by atoms with Crippen LogP contribution in [-0.2, 0) is 14.8 Å². The van der Waals surface area contributed by atoms with Crippen LogP contribution < -0.4 is 0 Å². The van der Waals surface area contributed by atoms with Gasteiger partial charge in [-0.3, -0.25) is 9.79 Å². The summed E-state index contributed by atoms with van der Waals surface area (Å²) >= 11 is 6.33. The van der Waals surface area contributed by atoms with Crippen LogP contribution in [0.2, 0.25) is 0 Å². The molecule has 1 aromatic carbocycles. The second-order valence-electron chi connectivity index (χ2n) is 6.63. The van der Waals surface area contributed by atoms with E-state index in [1.807, 2.05) is 13.8 Å². The number of rotatable bonds is 5. The summed E-state index contributed by atoms with van der Waals surface area (Å²) in [4.78, 5) is 16.9. The first kappa shape index (κ1) is 18.9. The van der Waals surface area contributed by atoms with Crippen molar-refractivity contribution in [3.8, 4) is 0 Å². The Balaban J connectivity index is 2.63. The van der Waals surface area contributed by atoms with Crippen molar-refractivity contribution in [2.45, 2.75) is 62.9 Å². The van der Waals surface area contributed by atoms with Gasteiger partial charge in [-0.1, -0.05) is 24.6 Å². The van der Waals surface area contributed by atoms with E-state index in [1.54, 1.807) is 38.1 Å². The van der Waals surface area contributed by atoms with E-state index in [0.29, 0.717) is 6.42 Å². The topological polar surface area (TPSA) is 66.8 Å². The first-order valence-electron chi connectivity index (χ1n) is 7.87. The first-order valence-corrected chi connectivity index (χ1v) is 9.75. The summed E-state index contributed by atoms with van der Waals surface area (Å²) in [6.07, 6.45) is 0.515. The summed E-state index contributed by atoms with van der Waals surface area (Å²) in [5, 5.41) is -0.575. The average Bonchev–Trinajstić information content (AvgIpc) is 2.79. The summed E-state index contributed by atoms with van der Waals surface area (Å²) in [7, 11) is -3.93. The molecule has 1 aromatic rings. The molecule has 0 aliphatic carbocycles. The van der Waals surface area contributed by atoms with Gasteiger partial charge in [0.1, 0.15) is 11.9 Å². The maximum atomic E-state index is 13.2. The number of carbonyl (C=O) groups excluding carboxylic acids is 1. The summed E-state index contributed by atoms with van der Waals surface area (Å²) in [5.41, 5.74) is 0.0952. The van der Waals surface area contributed by atoms with Crippen LogP contribution in [0.25, 0.3) is 0 Å². The molecule has 0 unspecified atom stereocenters. The van der Waals surface area contributed by atoms with Crippen molar-refractivity contribution in [2.75, 3.05) is 0 Å². The van der Waals surface area contributed by atoms with E-state index in [1.165, 1.54) is 6.92 Å². The van der Waals surface area contributed by atoms with Crippen molar-refractivity contribution < 1.29 is 13.2 Å². The molecule has 1 heterocycles. The molecule has 0 fully saturated rings. The highest BCUT2D eigenvalue weighted by molar-refractivity contribution is 7.89. The minimum absolute atomic E-state index is 0.129. The fraction of sp³-hybridized carbons (Fsp3) is 0.529. The monoisotopic (exact) mass is 370 g/mol. The van der Waals surface area contributed by atoms with E-state index in [0.717, 1.165) is 9.87 Å². The number of alkyl halides is 1. The molecule has 2 atom stereocenters. The van der Waals surface area contributed by atoms with Crippen LogP contribution >= 0.6 is 11.6 Å². The number of carbonyl (C=O) groups is 1. The molecule has 0 aromatic heterocycles. The van der Waals surface area contributed by atoms with Crippen LogP contribution in [-0.4, -0.2) is 41.3 Å². The Bertz CT molecular complexity index is 770. The Hall–Kier alpha value is -1.40. The van der Waals surface area contributed by atoms with Crippen LogP contribution in [0.15, 0.2) is 34.2 Å². The van der Waals surface area contributed by atoms with Gasteiger partial charge in [0, 0.05) is 0 Å². The molecule has 0 N–H and O–H groups in total. The zero-order valence-electron chi connectivity index (χ0n) is 14.6. The van der Waals surface area contributed by atoms with Gasteiger partial charge < -0.3 is 0 Å². The number of benzene rings is 1. The number of hydrogen-bond donors (Lipinski definition) is 0. The van der Waals surface area contributed by atoms with Gasteiger partial charge in [0.2, 0.25) is 0 Å².